The fraction of sp³-hybridized carbons (Fsp3) is 0.636. The molecule has 0 rings (SSSR count). The zero-order chi connectivity index (χ0) is 11.0. The van der Waals surface area contributed by atoms with Crippen LogP contribution in [0.25, 0.3) is 0 Å². The first kappa shape index (κ1) is 12.9. The van der Waals surface area contributed by atoms with Gasteiger partial charge >= 0.3 is 5.97 Å². The summed E-state index contributed by atoms with van der Waals surface area (Å²) in [6.45, 7) is 3.52. The second-order valence-corrected chi connectivity index (χ2v) is 3.36. The molecule has 80 valence electrons. The van der Waals surface area contributed by atoms with Crippen LogP contribution in [0.1, 0.15) is 39.5 Å². The highest BCUT2D eigenvalue weighted by Crippen LogP contribution is 2.02. The van der Waals surface area contributed by atoms with Crippen molar-refractivity contribution in [1.29, 1.82) is 0 Å². The van der Waals surface area contributed by atoms with Crippen molar-refractivity contribution >= 4 is 11.8 Å². The van der Waals surface area contributed by atoms with Crippen LogP contribution in [0.15, 0.2) is 12.2 Å². The van der Waals surface area contributed by atoms with Gasteiger partial charge in [-0.25, -0.2) is 0 Å². The Morgan fingerprint density at radius 2 is 2.00 bits per heavy atom. The van der Waals surface area contributed by atoms with Crippen LogP contribution in [0.2, 0.25) is 0 Å². The van der Waals surface area contributed by atoms with Gasteiger partial charge in [-0.05, 0) is 25.8 Å². The number of aliphatic carboxylic acids is 1. The van der Waals surface area contributed by atoms with Gasteiger partial charge in [0, 0.05) is 0 Å². The maximum atomic E-state index is 11.1. The zero-order valence-corrected chi connectivity index (χ0v) is 8.82. The van der Waals surface area contributed by atoms with E-state index in [0.717, 1.165) is 25.7 Å². The quantitative estimate of drug-likeness (QED) is 0.388. The number of hydrogen-bond donors (Lipinski definition) is 1. The van der Waals surface area contributed by atoms with E-state index in [1.54, 1.807) is 6.08 Å². The summed E-state index contributed by atoms with van der Waals surface area (Å²) in [6, 6.07) is 0. The molecule has 0 aliphatic heterocycles. The summed E-state index contributed by atoms with van der Waals surface area (Å²) < 4.78 is 0. The highest BCUT2D eigenvalue weighted by molar-refractivity contribution is 6.03. The molecule has 0 saturated heterocycles. The lowest BCUT2D eigenvalue weighted by Gasteiger charge is -1.99. The van der Waals surface area contributed by atoms with Crippen LogP contribution in [0.4, 0.5) is 0 Å². The SMILES string of the molecule is CCCCCC=CC(=O)C(C)C(=O)O. The predicted octanol–water partition coefficient (Wildman–Crippen LogP) is 2.41. The average molecular weight is 198 g/mol. The maximum Gasteiger partial charge on any atom is 0.314 e. The summed E-state index contributed by atoms with van der Waals surface area (Å²) in [5, 5.41) is 8.54. The molecule has 0 radical (unpaired) electrons. The fourth-order valence-electron chi connectivity index (χ4n) is 0.978. The van der Waals surface area contributed by atoms with E-state index in [1.807, 2.05) is 0 Å². The molecule has 0 aromatic heterocycles. The minimum atomic E-state index is -1.06. The van der Waals surface area contributed by atoms with E-state index in [2.05, 4.69) is 6.92 Å². The number of carbonyl (C=O) groups excluding carboxylic acids is 1. The van der Waals surface area contributed by atoms with Crippen LogP contribution < -0.4 is 0 Å². The largest absolute Gasteiger partial charge is 0.481 e. The summed E-state index contributed by atoms with van der Waals surface area (Å²) in [4.78, 5) is 21.6. The van der Waals surface area contributed by atoms with Gasteiger partial charge in [-0.1, -0.05) is 25.8 Å². The molecule has 0 fully saturated rings. The second kappa shape index (κ2) is 7.30. The third-order valence-corrected chi connectivity index (χ3v) is 2.05. The number of allylic oxidation sites excluding steroid dienone is 2. The number of unbranched alkanes of at least 4 members (excludes halogenated alkanes) is 3. The monoisotopic (exact) mass is 198 g/mol. The molecule has 1 unspecified atom stereocenters. The van der Waals surface area contributed by atoms with Gasteiger partial charge < -0.3 is 5.11 Å². The number of carboxylic acid groups (broad SMARTS) is 1. The molecule has 1 N–H and O–H groups in total. The highest BCUT2D eigenvalue weighted by atomic mass is 16.4. The van der Waals surface area contributed by atoms with Gasteiger partial charge in [0.1, 0.15) is 5.92 Å². The van der Waals surface area contributed by atoms with Gasteiger partial charge in [0.2, 0.25) is 0 Å². The number of carboxylic acids is 1. The first-order chi connectivity index (χ1) is 6.59. The molecule has 0 amide bonds. The van der Waals surface area contributed by atoms with E-state index in [0.29, 0.717) is 0 Å². The van der Waals surface area contributed by atoms with Gasteiger partial charge in [0.15, 0.2) is 5.78 Å². The Labute approximate surface area is 84.8 Å². The van der Waals surface area contributed by atoms with Gasteiger partial charge in [-0.15, -0.1) is 0 Å². The van der Waals surface area contributed by atoms with Crippen molar-refractivity contribution in [3.8, 4) is 0 Å². The van der Waals surface area contributed by atoms with Crippen molar-refractivity contribution < 1.29 is 14.7 Å². The lowest BCUT2D eigenvalue weighted by molar-refractivity contribution is -0.144. The van der Waals surface area contributed by atoms with Crippen molar-refractivity contribution in [1.82, 2.24) is 0 Å². The van der Waals surface area contributed by atoms with E-state index >= 15 is 0 Å². The molecule has 0 saturated carbocycles. The van der Waals surface area contributed by atoms with Gasteiger partial charge in [-0.3, -0.25) is 9.59 Å². The first-order valence-electron chi connectivity index (χ1n) is 5.02. The lowest BCUT2D eigenvalue weighted by Crippen LogP contribution is -2.18. The van der Waals surface area contributed by atoms with Crippen LogP contribution in [0, 0.1) is 5.92 Å². The number of carbonyl (C=O) groups is 2. The molecule has 0 spiro atoms. The molecule has 14 heavy (non-hydrogen) atoms. The van der Waals surface area contributed by atoms with Gasteiger partial charge in [0.05, 0.1) is 0 Å². The third-order valence-electron chi connectivity index (χ3n) is 2.05. The van der Waals surface area contributed by atoms with E-state index < -0.39 is 11.9 Å². The summed E-state index contributed by atoms with van der Waals surface area (Å²) in [7, 11) is 0. The molecule has 0 heterocycles. The van der Waals surface area contributed by atoms with Crippen molar-refractivity contribution in [2.24, 2.45) is 5.92 Å². The minimum absolute atomic E-state index is 0.325. The number of rotatable bonds is 7. The minimum Gasteiger partial charge on any atom is -0.481 e. The van der Waals surface area contributed by atoms with Crippen LogP contribution in [0.5, 0.6) is 0 Å². The Morgan fingerprint density at radius 3 is 2.50 bits per heavy atom. The standard InChI is InChI=1S/C11H18O3/c1-3-4-5-6-7-8-10(12)9(2)11(13)14/h7-9H,3-6H2,1-2H3,(H,13,14). The van der Waals surface area contributed by atoms with Gasteiger partial charge in [-0.2, -0.15) is 0 Å². The van der Waals surface area contributed by atoms with Crippen LogP contribution >= 0.6 is 0 Å². The zero-order valence-electron chi connectivity index (χ0n) is 8.82. The Balaban J connectivity index is 3.76. The van der Waals surface area contributed by atoms with Crippen molar-refractivity contribution in [2.75, 3.05) is 0 Å². The lowest BCUT2D eigenvalue weighted by atomic mass is 10.1. The van der Waals surface area contributed by atoms with Gasteiger partial charge in [0.25, 0.3) is 0 Å². The fourth-order valence-corrected chi connectivity index (χ4v) is 0.978. The maximum absolute atomic E-state index is 11.1. The van der Waals surface area contributed by atoms with Crippen molar-refractivity contribution in [3.05, 3.63) is 12.2 Å². The average Bonchev–Trinajstić information content (AvgIpc) is 2.16. The molecular weight excluding hydrogens is 180 g/mol. The third kappa shape index (κ3) is 5.51. The van der Waals surface area contributed by atoms with E-state index in [9.17, 15) is 9.59 Å². The summed E-state index contributed by atoms with van der Waals surface area (Å²) in [5.74, 6) is -2.31. The summed E-state index contributed by atoms with van der Waals surface area (Å²) >= 11 is 0. The van der Waals surface area contributed by atoms with Crippen molar-refractivity contribution in [2.45, 2.75) is 39.5 Å². The Bertz CT molecular complexity index is 219. The predicted molar refractivity (Wildman–Crippen MR) is 55.1 cm³/mol. The molecular formula is C11H18O3. The van der Waals surface area contributed by atoms with Crippen molar-refractivity contribution in [3.63, 3.8) is 0 Å². The Hall–Kier alpha value is -1.12. The van der Waals surface area contributed by atoms with E-state index in [-0.39, 0.29) is 5.78 Å². The topological polar surface area (TPSA) is 54.4 Å². The first-order valence-corrected chi connectivity index (χ1v) is 5.02. The number of hydrogen-bond acceptors (Lipinski definition) is 2. The molecule has 0 aliphatic rings. The van der Waals surface area contributed by atoms with E-state index in [1.165, 1.54) is 13.0 Å². The molecule has 3 nitrogen and oxygen atoms in total. The Morgan fingerprint density at radius 1 is 1.36 bits per heavy atom. The molecule has 0 bridgehead atoms. The molecule has 1 atom stereocenters. The second-order valence-electron chi connectivity index (χ2n) is 3.36. The van der Waals surface area contributed by atoms with E-state index in [4.69, 9.17) is 5.11 Å². The van der Waals surface area contributed by atoms with Crippen LogP contribution in [0.3, 0.4) is 0 Å². The summed E-state index contributed by atoms with van der Waals surface area (Å²) in [6.07, 6.45) is 7.35. The van der Waals surface area contributed by atoms with Crippen LogP contribution in [-0.4, -0.2) is 16.9 Å². The Kier molecular flexibility index (Phi) is 6.72. The molecule has 0 aromatic carbocycles. The molecule has 0 aliphatic carbocycles. The van der Waals surface area contributed by atoms with Crippen LogP contribution in [-0.2, 0) is 9.59 Å². The number of ketones is 1. The highest BCUT2D eigenvalue weighted by Gasteiger charge is 2.17. The summed E-state index contributed by atoms with van der Waals surface area (Å²) in [5.41, 5.74) is 0. The smallest absolute Gasteiger partial charge is 0.314 e. The molecule has 0 aromatic rings. The normalized spacial score (nSPS) is 13.0. The molecule has 3 heteroatoms.